The summed E-state index contributed by atoms with van der Waals surface area (Å²) in [6.45, 7) is 8.10. The van der Waals surface area contributed by atoms with Gasteiger partial charge in [-0.3, -0.25) is 4.90 Å². The largest absolute Gasteiger partial charge is 0.295 e. The van der Waals surface area contributed by atoms with E-state index in [1.54, 1.807) is 0 Å². The number of rotatable bonds is 2. The summed E-state index contributed by atoms with van der Waals surface area (Å²) in [6, 6.07) is 0. The molecule has 1 saturated heterocycles. The molecule has 1 nitrogen and oxygen atoms in total. The predicted octanol–water partition coefficient (Wildman–Crippen LogP) is 2.22. The van der Waals surface area contributed by atoms with Crippen LogP contribution in [-0.2, 0) is 0 Å². The monoisotopic (exact) mass is 159 g/mol. The van der Waals surface area contributed by atoms with Gasteiger partial charge < -0.3 is 0 Å². The Bertz CT molecular complexity index is 134. The number of likely N-dealkylation sites (tertiary alicyclic amines) is 1. The van der Waals surface area contributed by atoms with Gasteiger partial charge in [0.1, 0.15) is 6.17 Å². The first kappa shape index (κ1) is 8.98. The van der Waals surface area contributed by atoms with E-state index in [9.17, 15) is 4.39 Å². The average molecular weight is 159 g/mol. The van der Waals surface area contributed by atoms with Crippen LogP contribution in [0.25, 0.3) is 0 Å². The minimum absolute atomic E-state index is 0.195. The third-order valence-corrected chi connectivity index (χ3v) is 2.85. The molecular formula is C9H18FN. The second-order valence-corrected chi connectivity index (χ2v) is 4.00. The normalized spacial score (nSPS) is 27.8. The molecule has 0 radical (unpaired) electrons. The fourth-order valence-electron chi connectivity index (χ4n) is 1.49. The van der Waals surface area contributed by atoms with E-state index in [1.807, 2.05) is 0 Å². The summed E-state index contributed by atoms with van der Waals surface area (Å²) in [5.74, 6) is 0. The van der Waals surface area contributed by atoms with Gasteiger partial charge in [0.25, 0.3) is 0 Å². The van der Waals surface area contributed by atoms with Crippen LogP contribution < -0.4 is 0 Å². The summed E-state index contributed by atoms with van der Waals surface area (Å²) in [5.41, 5.74) is 0.195. The first-order valence-corrected chi connectivity index (χ1v) is 4.45. The molecule has 1 heterocycles. The Kier molecular flexibility index (Phi) is 2.53. The van der Waals surface area contributed by atoms with E-state index in [0.717, 1.165) is 19.4 Å². The lowest BCUT2D eigenvalue weighted by atomic mass is 10.0. The molecule has 0 saturated carbocycles. The van der Waals surface area contributed by atoms with Crippen molar-refractivity contribution >= 4 is 0 Å². The molecule has 0 aromatic heterocycles. The van der Waals surface area contributed by atoms with E-state index < -0.39 is 6.17 Å². The predicted molar refractivity (Wildman–Crippen MR) is 45.5 cm³/mol. The maximum atomic E-state index is 12.8. The van der Waals surface area contributed by atoms with Crippen LogP contribution in [0.15, 0.2) is 0 Å². The van der Waals surface area contributed by atoms with Crippen LogP contribution in [0.3, 0.4) is 0 Å². The van der Waals surface area contributed by atoms with Crippen molar-refractivity contribution in [2.24, 2.45) is 0 Å². The second-order valence-electron chi connectivity index (χ2n) is 4.00. The molecule has 0 bridgehead atoms. The Hall–Kier alpha value is -0.110. The molecule has 0 aromatic carbocycles. The van der Waals surface area contributed by atoms with Crippen molar-refractivity contribution in [2.45, 2.75) is 45.3 Å². The van der Waals surface area contributed by atoms with Gasteiger partial charge in [0.05, 0.1) is 0 Å². The highest BCUT2D eigenvalue weighted by atomic mass is 19.1. The van der Waals surface area contributed by atoms with Crippen molar-refractivity contribution in [3.05, 3.63) is 0 Å². The van der Waals surface area contributed by atoms with Crippen molar-refractivity contribution in [1.82, 2.24) is 4.90 Å². The quantitative estimate of drug-likeness (QED) is 0.597. The summed E-state index contributed by atoms with van der Waals surface area (Å²) < 4.78 is 12.8. The first-order valence-electron chi connectivity index (χ1n) is 4.45. The molecule has 0 unspecified atom stereocenters. The van der Waals surface area contributed by atoms with Crippen molar-refractivity contribution in [1.29, 1.82) is 0 Å². The van der Waals surface area contributed by atoms with Crippen LogP contribution in [0, 0.1) is 0 Å². The van der Waals surface area contributed by atoms with Crippen molar-refractivity contribution in [3.8, 4) is 0 Å². The van der Waals surface area contributed by atoms with Gasteiger partial charge in [-0.2, -0.15) is 0 Å². The molecule has 0 amide bonds. The van der Waals surface area contributed by atoms with E-state index in [2.05, 4.69) is 25.7 Å². The van der Waals surface area contributed by atoms with Crippen LogP contribution in [0.1, 0.15) is 33.6 Å². The van der Waals surface area contributed by atoms with Crippen LogP contribution in [0.2, 0.25) is 0 Å². The van der Waals surface area contributed by atoms with E-state index in [0.29, 0.717) is 6.54 Å². The average Bonchev–Trinajstić information content (AvgIpc) is 2.36. The Balaban J connectivity index is 2.48. The number of hydrogen-bond acceptors (Lipinski definition) is 1. The van der Waals surface area contributed by atoms with Crippen molar-refractivity contribution < 1.29 is 4.39 Å². The topological polar surface area (TPSA) is 3.24 Å². The highest BCUT2D eigenvalue weighted by Gasteiger charge is 2.31. The van der Waals surface area contributed by atoms with Gasteiger partial charge in [0, 0.05) is 18.6 Å². The fraction of sp³-hybridized carbons (Fsp3) is 1.00. The lowest BCUT2D eigenvalue weighted by molar-refractivity contribution is 0.138. The fourth-order valence-corrected chi connectivity index (χ4v) is 1.49. The van der Waals surface area contributed by atoms with Gasteiger partial charge in [-0.1, -0.05) is 6.92 Å². The molecule has 0 N–H and O–H groups in total. The van der Waals surface area contributed by atoms with Gasteiger partial charge in [0.15, 0.2) is 0 Å². The van der Waals surface area contributed by atoms with Crippen LogP contribution >= 0.6 is 0 Å². The molecule has 2 heteroatoms. The SMILES string of the molecule is CCC(C)(C)N1CC[C@@H](F)C1. The third-order valence-electron chi connectivity index (χ3n) is 2.85. The molecule has 1 aliphatic rings. The Morgan fingerprint density at radius 2 is 2.18 bits per heavy atom. The van der Waals surface area contributed by atoms with E-state index >= 15 is 0 Å². The molecular weight excluding hydrogens is 141 g/mol. The zero-order chi connectivity index (χ0) is 8.48. The first-order chi connectivity index (χ1) is 5.06. The highest BCUT2D eigenvalue weighted by Crippen LogP contribution is 2.24. The summed E-state index contributed by atoms with van der Waals surface area (Å²) in [7, 11) is 0. The van der Waals surface area contributed by atoms with Crippen molar-refractivity contribution in [2.75, 3.05) is 13.1 Å². The van der Waals surface area contributed by atoms with Gasteiger partial charge in [-0.15, -0.1) is 0 Å². The van der Waals surface area contributed by atoms with Gasteiger partial charge in [-0.05, 0) is 26.7 Å². The molecule has 0 aliphatic carbocycles. The Morgan fingerprint density at radius 1 is 1.55 bits per heavy atom. The van der Waals surface area contributed by atoms with Crippen LogP contribution in [0.5, 0.6) is 0 Å². The minimum atomic E-state index is -0.583. The highest BCUT2D eigenvalue weighted by molar-refractivity contribution is 4.86. The summed E-state index contributed by atoms with van der Waals surface area (Å²) >= 11 is 0. The van der Waals surface area contributed by atoms with E-state index in [4.69, 9.17) is 0 Å². The zero-order valence-corrected chi connectivity index (χ0v) is 7.73. The maximum absolute atomic E-state index is 12.8. The lowest BCUT2D eigenvalue weighted by Crippen LogP contribution is -2.41. The van der Waals surface area contributed by atoms with E-state index in [-0.39, 0.29) is 5.54 Å². The zero-order valence-electron chi connectivity index (χ0n) is 7.73. The van der Waals surface area contributed by atoms with E-state index in [1.165, 1.54) is 0 Å². The van der Waals surface area contributed by atoms with Crippen LogP contribution in [0.4, 0.5) is 4.39 Å². The molecule has 1 fully saturated rings. The smallest absolute Gasteiger partial charge is 0.114 e. The second kappa shape index (κ2) is 3.10. The number of hydrogen-bond donors (Lipinski definition) is 0. The maximum Gasteiger partial charge on any atom is 0.114 e. The third kappa shape index (κ3) is 1.92. The van der Waals surface area contributed by atoms with Gasteiger partial charge in [0.2, 0.25) is 0 Å². The van der Waals surface area contributed by atoms with Crippen LogP contribution in [-0.4, -0.2) is 29.7 Å². The molecule has 1 aliphatic heterocycles. The Morgan fingerprint density at radius 3 is 2.55 bits per heavy atom. The molecule has 1 rings (SSSR count). The molecule has 66 valence electrons. The standard InChI is InChI=1S/C9H18FN/c1-4-9(2,3)11-6-5-8(10)7-11/h8H,4-7H2,1-3H3/t8-/m1/s1. The van der Waals surface area contributed by atoms with Crippen molar-refractivity contribution in [3.63, 3.8) is 0 Å². The number of alkyl halides is 1. The molecule has 11 heavy (non-hydrogen) atoms. The number of halogens is 1. The van der Waals surface area contributed by atoms with Gasteiger partial charge >= 0.3 is 0 Å². The summed E-state index contributed by atoms with van der Waals surface area (Å²) in [6.07, 6.45) is 1.24. The molecule has 0 spiro atoms. The Labute approximate surface area is 68.6 Å². The summed E-state index contributed by atoms with van der Waals surface area (Å²) in [5, 5.41) is 0. The summed E-state index contributed by atoms with van der Waals surface area (Å²) in [4.78, 5) is 2.25. The lowest BCUT2D eigenvalue weighted by Gasteiger charge is -2.34. The number of nitrogens with zero attached hydrogens (tertiary/aromatic N) is 1. The minimum Gasteiger partial charge on any atom is -0.295 e. The molecule has 0 aromatic rings. The molecule has 1 atom stereocenters. The van der Waals surface area contributed by atoms with Gasteiger partial charge in [-0.25, -0.2) is 4.39 Å².